The summed E-state index contributed by atoms with van der Waals surface area (Å²) in [6, 6.07) is 6.16. The summed E-state index contributed by atoms with van der Waals surface area (Å²) >= 11 is 0. The minimum absolute atomic E-state index is 0.154. The van der Waals surface area contributed by atoms with E-state index in [1.54, 1.807) is 0 Å². The number of benzene rings is 1. The van der Waals surface area contributed by atoms with Crippen molar-refractivity contribution in [3.8, 4) is 5.75 Å². The minimum Gasteiger partial charge on any atom is -0.493 e. The molecule has 1 fully saturated rings. The normalized spacial score (nSPS) is 19.8. The van der Waals surface area contributed by atoms with Gasteiger partial charge in [-0.05, 0) is 56.7 Å². The lowest BCUT2D eigenvalue weighted by Crippen LogP contribution is -2.45. The average molecular weight is 304 g/mol. The fraction of sp³-hybridized carbons (Fsp3) is 0.611. The van der Waals surface area contributed by atoms with Crippen molar-refractivity contribution in [2.24, 2.45) is 11.7 Å². The first kappa shape index (κ1) is 16.8. The van der Waals surface area contributed by atoms with Crippen LogP contribution in [0.15, 0.2) is 18.2 Å². The smallest absolute Gasteiger partial charge is 0.226 e. The summed E-state index contributed by atoms with van der Waals surface area (Å²) in [7, 11) is 0. The number of likely N-dealkylation sites (tertiary alicyclic amines) is 1. The van der Waals surface area contributed by atoms with Gasteiger partial charge in [0.05, 0.1) is 13.0 Å². The van der Waals surface area contributed by atoms with E-state index >= 15 is 0 Å². The molecule has 1 heterocycles. The van der Waals surface area contributed by atoms with Crippen molar-refractivity contribution in [1.29, 1.82) is 0 Å². The lowest BCUT2D eigenvalue weighted by molar-refractivity contribution is -0.133. The highest BCUT2D eigenvalue weighted by molar-refractivity contribution is 5.76. The summed E-state index contributed by atoms with van der Waals surface area (Å²) in [5, 5.41) is 0. The van der Waals surface area contributed by atoms with Gasteiger partial charge in [0.15, 0.2) is 0 Å². The summed E-state index contributed by atoms with van der Waals surface area (Å²) < 4.78 is 5.78. The number of nitrogens with two attached hydrogens (primary N) is 1. The van der Waals surface area contributed by atoms with E-state index in [0.717, 1.165) is 37.2 Å². The molecule has 0 saturated carbocycles. The van der Waals surface area contributed by atoms with Crippen molar-refractivity contribution in [3.05, 3.63) is 29.3 Å². The van der Waals surface area contributed by atoms with Crippen molar-refractivity contribution < 1.29 is 9.53 Å². The Balaban J connectivity index is 1.81. The minimum atomic E-state index is 0.154. The highest BCUT2D eigenvalue weighted by atomic mass is 16.5. The topological polar surface area (TPSA) is 55.6 Å². The Morgan fingerprint density at radius 1 is 1.45 bits per heavy atom. The Kier molecular flexibility index (Phi) is 5.83. The van der Waals surface area contributed by atoms with Crippen molar-refractivity contribution in [3.63, 3.8) is 0 Å². The van der Waals surface area contributed by atoms with Crippen LogP contribution < -0.4 is 10.5 Å². The van der Waals surface area contributed by atoms with Gasteiger partial charge < -0.3 is 15.4 Å². The first-order valence-corrected chi connectivity index (χ1v) is 8.21. The molecule has 22 heavy (non-hydrogen) atoms. The van der Waals surface area contributed by atoms with E-state index in [1.807, 2.05) is 30.9 Å². The third-order valence-electron chi connectivity index (χ3n) is 4.68. The molecule has 2 rings (SSSR count). The number of carbonyl (C=O) groups excluding carboxylic acids is 1. The molecule has 122 valence electrons. The van der Waals surface area contributed by atoms with E-state index in [-0.39, 0.29) is 11.9 Å². The fourth-order valence-electron chi connectivity index (χ4n) is 2.95. The van der Waals surface area contributed by atoms with Crippen LogP contribution in [0.25, 0.3) is 0 Å². The molecule has 0 aliphatic carbocycles. The average Bonchev–Trinajstić information content (AvgIpc) is 2.51. The zero-order valence-corrected chi connectivity index (χ0v) is 14.0. The van der Waals surface area contributed by atoms with Crippen LogP contribution in [0, 0.1) is 19.8 Å². The first-order valence-electron chi connectivity index (χ1n) is 8.21. The van der Waals surface area contributed by atoms with Crippen LogP contribution in [0.4, 0.5) is 0 Å². The molecule has 0 radical (unpaired) electrons. The highest BCUT2D eigenvalue weighted by Gasteiger charge is 2.25. The molecule has 0 spiro atoms. The number of piperidine rings is 1. The third kappa shape index (κ3) is 4.23. The number of carbonyl (C=O) groups is 1. The van der Waals surface area contributed by atoms with Crippen LogP contribution >= 0.6 is 0 Å². The molecular formula is C18H28N2O2. The monoisotopic (exact) mass is 304 g/mol. The Labute approximate surface area is 133 Å². The number of hydrogen-bond donors (Lipinski definition) is 1. The number of nitrogens with zero attached hydrogens (tertiary/aromatic N) is 1. The van der Waals surface area contributed by atoms with Crippen LogP contribution in [-0.2, 0) is 4.79 Å². The molecular weight excluding hydrogens is 276 g/mol. The predicted octanol–water partition coefficient (Wildman–Crippen LogP) is 2.66. The highest BCUT2D eigenvalue weighted by Crippen LogP contribution is 2.22. The van der Waals surface area contributed by atoms with Gasteiger partial charge in [0.1, 0.15) is 5.75 Å². The molecule has 1 aromatic rings. The summed E-state index contributed by atoms with van der Waals surface area (Å²) in [5.41, 5.74) is 8.33. The van der Waals surface area contributed by atoms with Crippen LogP contribution in [0.2, 0.25) is 0 Å². The predicted molar refractivity (Wildman–Crippen MR) is 89.0 cm³/mol. The molecule has 2 atom stereocenters. The van der Waals surface area contributed by atoms with E-state index in [4.69, 9.17) is 10.5 Å². The third-order valence-corrected chi connectivity index (χ3v) is 4.68. The lowest BCUT2D eigenvalue weighted by atomic mass is 9.92. The fourth-order valence-corrected chi connectivity index (χ4v) is 2.95. The molecule has 0 aromatic heterocycles. The number of rotatable bonds is 5. The zero-order valence-electron chi connectivity index (χ0n) is 14.0. The van der Waals surface area contributed by atoms with Crippen LogP contribution in [-0.4, -0.2) is 36.5 Å². The molecule has 1 aliphatic rings. The van der Waals surface area contributed by atoms with Gasteiger partial charge in [-0.1, -0.05) is 12.1 Å². The van der Waals surface area contributed by atoms with E-state index < -0.39 is 0 Å². The van der Waals surface area contributed by atoms with Gasteiger partial charge in [-0.3, -0.25) is 4.79 Å². The second kappa shape index (κ2) is 7.63. The Hall–Kier alpha value is -1.55. The van der Waals surface area contributed by atoms with E-state index in [0.29, 0.717) is 18.9 Å². The standard InChI is InChI=1S/C18H28N2O2/c1-13-6-4-8-17(14(13)2)22-11-9-18(21)20-10-5-7-16(12-20)15(3)19/h4,6,8,15-16H,5,7,9-12,19H2,1-3H3/t15-,16+/m0/s1. The quantitative estimate of drug-likeness (QED) is 0.910. The van der Waals surface area contributed by atoms with Gasteiger partial charge in [0.25, 0.3) is 0 Å². The summed E-state index contributed by atoms with van der Waals surface area (Å²) in [6.07, 6.45) is 2.61. The van der Waals surface area contributed by atoms with Crippen LogP contribution in [0.1, 0.15) is 37.3 Å². The van der Waals surface area contributed by atoms with Crippen LogP contribution in [0.3, 0.4) is 0 Å². The molecule has 4 nitrogen and oxygen atoms in total. The van der Waals surface area contributed by atoms with E-state index in [9.17, 15) is 4.79 Å². The number of ether oxygens (including phenoxy) is 1. The van der Waals surface area contributed by atoms with Crippen molar-refractivity contribution in [2.75, 3.05) is 19.7 Å². The zero-order chi connectivity index (χ0) is 16.1. The largest absolute Gasteiger partial charge is 0.493 e. The van der Waals surface area contributed by atoms with Gasteiger partial charge in [0, 0.05) is 19.1 Å². The second-order valence-corrected chi connectivity index (χ2v) is 6.40. The summed E-state index contributed by atoms with van der Waals surface area (Å²) in [4.78, 5) is 14.3. The molecule has 4 heteroatoms. The van der Waals surface area contributed by atoms with Gasteiger partial charge in [-0.2, -0.15) is 0 Å². The number of hydrogen-bond acceptors (Lipinski definition) is 3. The van der Waals surface area contributed by atoms with E-state index in [1.165, 1.54) is 5.56 Å². The van der Waals surface area contributed by atoms with Gasteiger partial charge in [-0.25, -0.2) is 0 Å². The maximum atomic E-state index is 12.3. The van der Waals surface area contributed by atoms with Crippen molar-refractivity contribution >= 4 is 5.91 Å². The van der Waals surface area contributed by atoms with Gasteiger partial charge >= 0.3 is 0 Å². The van der Waals surface area contributed by atoms with Gasteiger partial charge in [-0.15, -0.1) is 0 Å². The Morgan fingerprint density at radius 3 is 2.95 bits per heavy atom. The molecule has 1 aliphatic heterocycles. The molecule has 0 bridgehead atoms. The SMILES string of the molecule is Cc1cccc(OCCC(=O)N2CCC[C@@H]([C@H](C)N)C2)c1C. The molecule has 0 unspecified atom stereocenters. The van der Waals surface area contributed by atoms with E-state index in [2.05, 4.69) is 13.0 Å². The lowest BCUT2D eigenvalue weighted by Gasteiger charge is -2.34. The summed E-state index contributed by atoms with van der Waals surface area (Å²) in [6.45, 7) is 8.22. The molecule has 1 aromatic carbocycles. The molecule has 1 amide bonds. The number of amides is 1. The summed E-state index contributed by atoms with van der Waals surface area (Å²) in [5.74, 6) is 1.48. The Bertz CT molecular complexity index is 514. The molecule has 1 saturated heterocycles. The van der Waals surface area contributed by atoms with Crippen molar-refractivity contribution in [2.45, 2.75) is 46.1 Å². The van der Waals surface area contributed by atoms with Crippen LogP contribution in [0.5, 0.6) is 5.75 Å². The maximum Gasteiger partial charge on any atom is 0.226 e. The Morgan fingerprint density at radius 2 is 2.23 bits per heavy atom. The van der Waals surface area contributed by atoms with Crippen molar-refractivity contribution in [1.82, 2.24) is 4.90 Å². The van der Waals surface area contributed by atoms with Gasteiger partial charge in [0.2, 0.25) is 5.91 Å². The first-order chi connectivity index (χ1) is 10.5. The second-order valence-electron chi connectivity index (χ2n) is 6.40. The molecule has 2 N–H and O–H groups in total. The maximum absolute atomic E-state index is 12.3. The number of aryl methyl sites for hydroxylation is 1.